The van der Waals surface area contributed by atoms with Crippen LogP contribution in [0, 0.1) is 5.92 Å². The highest BCUT2D eigenvalue weighted by Crippen LogP contribution is 2.31. The molecule has 2 aromatic rings. The summed E-state index contributed by atoms with van der Waals surface area (Å²) in [4.78, 5) is 23.8. The maximum atomic E-state index is 12.5. The molecule has 2 unspecified atom stereocenters. The van der Waals surface area contributed by atoms with Gasteiger partial charge in [-0.15, -0.1) is 11.3 Å². The summed E-state index contributed by atoms with van der Waals surface area (Å²) in [6, 6.07) is 1.91. The predicted octanol–water partition coefficient (Wildman–Crippen LogP) is 3.49. The van der Waals surface area contributed by atoms with Crippen molar-refractivity contribution in [2.75, 3.05) is 13.2 Å². The molecule has 0 bridgehead atoms. The lowest BCUT2D eigenvalue weighted by molar-refractivity contribution is -0.0366. The third-order valence-electron chi connectivity index (χ3n) is 4.36. The number of fused-ring (bicyclic) bond motifs is 1. The molecule has 0 aliphatic carbocycles. The van der Waals surface area contributed by atoms with E-state index in [1.807, 2.05) is 17.7 Å². The number of carbonyl (C=O) groups is 2. The minimum absolute atomic E-state index is 0.0326. The number of thiophene rings is 1. The molecule has 1 aliphatic heterocycles. The fourth-order valence-electron chi connectivity index (χ4n) is 2.94. The zero-order valence-electron chi connectivity index (χ0n) is 14.3. The number of hydrogen-bond donors (Lipinski definition) is 1. The first kappa shape index (κ1) is 17.9. The van der Waals surface area contributed by atoms with Gasteiger partial charge in [-0.1, -0.05) is 6.92 Å². The van der Waals surface area contributed by atoms with Gasteiger partial charge in [-0.25, -0.2) is 9.48 Å². The van der Waals surface area contributed by atoms with Gasteiger partial charge < -0.3 is 15.2 Å². The van der Waals surface area contributed by atoms with E-state index in [0.29, 0.717) is 12.8 Å². The number of nitrogens with two attached hydrogens (primary N) is 1. The standard InChI is InChI=1S/C17H23N3O4S/c1-11(10-24-17(18)22)5-6-13(21)14-8-12-15(25-14)9-19-20(12)16-4-2-3-7-23-16/h8-9,11,16H,2-7,10H2,1H3,(H2,18,22). The number of ether oxygens (including phenoxy) is 2. The lowest BCUT2D eigenvalue weighted by Crippen LogP contribution is -2.18. The number of aromatic nitrogens is 2. The van der Waals surface area contributed by atoms with Crippen molar-refractivity contribution in [2.24, 2.45) is 11.7 Å². The first-order chi connectivity index (χ1) is 12.0. The Balaban J connectivity index is 1.62. The molecule has 0 spiro atoms. The zero-order valence-corrected chi connectivity index (χ0v) is 15.1. The monoisotopic (exact) mass is 365 g/mol. The fraction of sp³-hybridized carbons (Fsp3) is 0.588. The molecule has 136 valence electrons. The average molecular weight is 365 g/mol. The van der Waals surface area contributed by atoms with Crippen LogP contribution in [0.1, 0.15) is 54.9 Å². The summed E-state index contributed by atoms with van der Waals surface area (Å²) in [6.07, 6.45) is 5.23. The number of amides is 1. The summed E-state index contributed by atoms with van der Waals surface area (Å²) < 4.78 is 13.5. The Bertz CT molecular complexity index is 748. The number of nitrogens with zero attached hydrogens (tertiary/aromatic N) is 2. The zero-order chi connectivity index (χ0) is 17.8. The number of ketones is 1. The Kier molecular flexibility index (Phi) is 5.70. The Morgan fingerprint density at radius 1 is 1.52 bits per heavy atom. The molecule has 0 aromatic carbocycles. The molecular weight excluding hydrogens is 342 g/mol. The number of primary amides is 1. The van der Waals surface area contributed by atoms with E-state index in [2.05, 4.69) is 5.10 Å². The topological polar surface area (TPSA) is 96.4 Å². The SMILES string of the molecule is CC(CCC(=O)c1cc2c(cnn2C2CCCCO2)s1)COC(N)=O. The van der Waals surface area contributed by atoms with Crippen molar-refractivity contribution in [3.05, 3.63) is 17.1 Å². The van der Waals surface area contributed by atoms with Crippen LogP contribution in [-0.4, -0.2) is 34.9 Å². The lowest BCUT2D eigenvalue weighted by Gasteiger charge is -2.23. The van der Waals surface area contributed by atoms with Crippen LogP contribution in [0.5, 0.6) is 0 Å². The van der Waals surface area contributed by atoms with Crippen molar-refractivity contribution in [1.82, 2.24) is 9.78 Å². The van der Waals surface area contributed by atoms with Crippen LogP contribution in [0.15, 0.2) is 12.3 Å². The van der Waals surface area contributed by atoms with Gasteiger partial charge in [0, 0.05) is 13.0 Å². The summed E-state index contributed by atoms with van der Waals surface area (Å²) in [5.41, 5.74) is 5.91. The molecule has 7 nitrogen and oxygen atoms in total. The molecule has 2 atom stereocenters. The van der Waals surface area contributed by atoms with Crippen LogP contribution in [0.3, 0.4) is 0 Å². The van der Waals surface area contributed by atoms with Crippen molar-refractivity contribution in [1.29, 1.82) is 0 Å². The molecule has 1 fully saturated rings. The van der Waals surface area contributed by atoms with Crippen LogP contribution in [0.4, 0.5) is 4.79 Å². The highest BCUT2D eigenvalue weighted by atomic mass is 32.1. The van der Waals surface area contributed by atoms with E-state index >= 15 is 0 Å². The summed E-state index contributed by atoms with van der Waals surface area (Å²) in [5.74, 6) is 0.195. The maximum Gasteiger partial charge on any atom is 0.404 e. The van der Waals surface area contributed by atoms with E-state index in [0.717, 1.165) is 41.0 Å². The molecule has 2 aromatic heterocycles. The average Bonchev–Trinajstić information content (AvgIpc) is 3.19. The van der Waals surface area contributed by atoms with Crippen molar-refractivity contribution in [2.45, 2.75) is 45.3 Å². The molecule has 1 saturated heterocycles. The highest BCUT2D eigenvalue weighted by molar-refractivity contribution is 7.20. The van der Waals surface area contributed by atoms with Gasteiger partial charge in [0.25, 0.3) is 0 Å². The largest absolute Gasteiger partial charge is 0.449 e. The molecule has 25 heavy (non-hydrogen) atoms. The van der Waals surface area contributed by atoms with E-state index in [-0.39, 0.29) is 24.5 Å². The van der Waals surface area contributed by atoms with E-state index in [9.17, 15) is 9.59 Å². The number of rotatable bonds is 7. The van der Waals surface area contributed by atoms with Gasteiger partial charge in [0.15, 0.2) is 12.0 Å². The molecular formula is C17H23N3O4S. The van der Waals surface area contributed by atoms with Crippen LogP contribution >= 0.6 is 11.3 Å². The first-order valence-corrected chi connectivity index (χ1v) is 9.40. The minimum Gasteiger partial charge on any atom is -0.449 e. The summed E-state index contributed by atoms with van der Waals surface area (Å²) in [6.45, 7) is 2.93. The van der Waals surface area contributed by atoms with Crippen LogP contribution in [0.2, 0.25) is 0 Å². The molecule has 3 heterocycles. The van der Waals surface area contributed by atoms with Gasteiger partial charge in [-0.3, -0.25) is 4.79 Å². The Hall–Kier alpha value is -1.93. The quantitative estimate of drug-likeness (QED) is 0.758. The molecule has 2 N–H and O–H groups in total. The summed E-state index contributed by atoms with van der Waals surface area (Å²) in [5, 5.41) is 4.42. The second-order valence-corrected chi connectivity index (χ2v) is 7.55. The number of hydrogen-bond acceptors (Lipinski definition) is 6. The van der Waals surface area contributed by atoms with Crippen molar-refractivity contribution >= 4 is 33.4 Å². The molecule has 8 heteroatoms. The normalized spacial score (nSPS) is 19.0. The summed E-state index contributed by atoms with van der Waals surface area (Å²) >= 11 is 1.47. The van der Waals surface area contributed by atoms with E-state index in [4.69, 9.17) is 15.2 Å². The fourth-order valence-corrected chi connectivity index (χ4v) is 3.92. The second kappa shape index (κ2) is 7.97. The maximum absolute atomic E-state index is 12.5. The third-order valence-corrected chi connectivity index (χ3v) is 5.46. The van der Waals surface area contributed by atoms with Crippen molar-refractivity contribution < 1.29 is 19.1 Å². The Morgan fingerprint density at radius 2 is 2.36 bits per heavy atom. The molecule has 0 radical (unpaired) electrons. The second-order valence-electron chi connectivity index (χ2n) is 6.47. The van der Waals surface area contributed by atoms with Crippen LogP contribution in [-0.2, 0) is 9.47 Å². The molecule has 1 aliphatic rings. The van der Waals surface area contributed by atoms with Gasteiger partial charge in [0.1, 0.15) is 0 Å². The first-order valence-electron chi connectivity index (χ1n) is 8.58. The van der Waals surface area contributed by atoms with E-state index < -0.39 is 6.09 Å². The van der Waals surface area contributed by atoms with Gasteiger partial charge in [-0.2, -0.15) is 5.10 Å². The van der Waals surface area contributed by atoms with Crippen molar-refractivity contribution in [3.8, 4) is 0 Å². The van der Waals surface area contributed by atoms with Gasteiger partial charge in [0.2, 0.25) is 0 Å². The molecule has 1 amide bonds. The molecule has 3 rings (SSSR count). The third kappa shape index (κ3) is 4.38. The Labute approximate surface area is 150 Å². The smallest absolute Gasteiger partial charge is 0.404 e. The summed E-state index contributed by atoms with van der Waals surface area (Å²) in [7, 11) is 0. The predicted molar refractivity (Wildman–Crippen MR) is 94.7 cm³/mol. The van der Waals surface area contributed by atoms with Gasteiger partial charge in [-0.05, 0) is 37.7 Å². The number of carbonyl (C=O) groups excluding carboxylic acids is 2. The van der Waals surface area contributed by atoms with E-state index in [1.54, 1.807) is 6.20 Å². The van der Waals surface area contributed by atoms with Crippen molar-refractivity contribution in [3.63, 3.8) is 0 Å². The highest BCUT2D eigenvalue weighted by Gasteiger charge is 2.21. The van der Waals surface area contributed by atoms with Gasteiger partial charge >= 0.3 is 6.09 Å². The minimum atomic E-state index is -0.780. The Morgan fingerprint density at radius 3 is 3.08 bits per heavy atom. The van der Waals surface area contributed by atoms with E-state index in [1.165, 1.54) is 11.3 Å². The van der Waals surface area contributed by atoms with Crippen LogP contribution < -0.4 is 5.73 Å². The lowest BCUT2D eigenvalue weighted by atomic mass is 10.0. The number of Topliss-reactive ketones (excluding diaryl/α,β-unsaturated/α-hetero) is 1. The van der Waals surface area contributed by atoms with Gasteiger partial charge in [0.05, 0.1) is 27.9 Å². The van der Waals surface area contributed by atoms with Crippen LogP contribution in [0.25, 0.3) is 10.2 Å². The molecule has 0 saturated carbocycles.